The molecule has 0 aromatic rings. The van der Waals surface area contributed by atoms with Crippen molar-refractivity contribution in [2.24, 2.45) is 23.2 Å². The average Bonchev–Trinajstić information content (AvgIpc) is 2.73. The van der Waals surface area contributed by atoms with Crippen LogP contribution in [-0.2, 0) is 4.79 Å². The van der Waals surface area contributed by atoms with E-state index in [1.165, 1.54) is 32.1 Å². The van der Waals surface area contributed by atoms with Crippen LogP contribution in [0.4, 0.5) is 0 Å². The second-order valence-corrected chi connectivity index (χ2v) is 8.64. The molecule has 1 amide bonds. The third-order valence-corrected chi connectivity index (χ3v) is 5.99. The molecule has 2 aliphatic heterocycles. The van der Waals surface area contributed by atoms with Crippen LogP contribution < -0.4 is 5.32 Å². The fourth-order valence-corrected chi connectivity index (χ4v) is 4.20. The van der Waals surface area contributed by atoms with Gasteiger partial charge in [-0.1, -0.05) is 27.7 Å². The van der Waals surface area contributed by atoms with Crippen molar-refractivity contribution in [1.82, 2.24) is 10.2 Å². The summed E-state index contributed by atoms with van der Waals surface area (Å²) in [5, 5.41) is 3.42. The number of nitrogens with one attached hydrogen (secondary N) is 1. The number of halogens is 1. The van der Waals surface area contributed by atoms with E-state index in [0.717, 1.165) is 44.4 Å². The molecule has 2 saturated heterocycles. The molecule has 0 aliphatic carbocycles. The Morgan fingerprint density at radius 3 is 2.39 bits per heavy atom. The molecule has 0 saturated carbocycles. The first kappa shape index (κ1) is 20.8. The Bertz CT molecular complexity index is 361. The van der Waals surface area contributed by atoms with Gasteiger partial charge in [0.25, 0.3) is 0 Å². The molecule has 2 atom stereocenters. The molecule has 2 unspecified atom stereocenters. The van der Waals surface area contributed by atoms with Crippen molar-refractivity contribution in [2.75, 3.05) is 26.2 Å². The van der Waals surface area contributed by atoms with Crippen molar-refractivity contribution in [3.8, 4) is 0 Å². The lowest BCUT2D eigenvalue weighted by Crippen LogP contribution is -2.36. The molecule has 2 heterocycles. The first-order chi connectivity index (χ1) is 10.4. The fraction of sp³-hybridized carbons (Fsp3) is 0.947. The van der Waals surface area contributed by atoms with Gasteiger partial charge < -0.3 is 10.2 Å². The molecular formula is C19H37ClN2O. The van der Waals surface area contributed by atoms with Crippen LogP contribution in [-0.4, -0.2) is 37.0 Å². The highest BCUT2D eigenvalue weighted by Crippen LogP contribution is 2.34. The van der Waals surface area contributed by atoms with Gasteiger partial charge in [0.1, 0.15) is 0 Å². The minimum Gasteiger partial charge on any atom is -0.343 e. The predicted octanol–water partition coefficient (Wildman–Crippen LogP) is 4.11. The Labute approximate surface area is 149 Å². The topological polar surface area (TPSA) is 32.3 Å². The number of carbonyl (C=O) groups excluding carboxylic acids is 1. The van der Waals surface area contributed by atoms with E-state index < -0.39 is 0 Å². The van der Waals surface area contributed by atoms with Crippen LogP contribution in [0, 0.1) is 23.2 Å². The summed E-state index contributed by atoms with van der Waals surface area (Å²) in [7, 11) is 0. The lowest BCUT2D eigenvalue weighted by molar-refractivity contribution is -0.132. The van der Waals surface area contributed by atoms with E-state index in [9.17, 15) is 4.79 Å². The number of likely N-dealkylation sites (tertiary alicyclic amines) is 1. The van der Waals surface area contributed by atoms with Gasteiger partial charge in [0, 0.05) is 19.5 Å². The van der Waals surface area contributed by atoms with Crippen LogP contribution in [0.25, 0.3) is 0 Å². The Balaban J connectivity index is 0.00000264. The summed E-state index contributed by atoms with van der Waals surface area (Å²) < 4.78 is 0. The van der Waals surface area contributed by atoms with Crippen LogP contribution >= 0.6 is 12.4 Å². The molecule has 2 fully saturated rings. The smallest absolute Gasteiger partial charge is 0.222 e. The molecule has 1 N–H and O–H groups in total. The number of rotatable bonds is 3. The van der Waals surface area contributed by atoms with Crippen molar-refractivity contribution >= 4 is 18.3 Å². The molecule has 0 radical (unpaired) electrons. The van der Waals surface area contributed by atoms with E-state index in [1.54, 1.807) is 0 Å². The van der Waals surface area contributed by atoms with Crippen LogP contribution in [0.5, 0.6) is 0 Å². The quantitative estimate of drug-likeness (QED) is 0.835. The summed E-state index contributed by atoms with van der Waals surface area (Å²) in [5.74, 6) is 2.43. The van der Waals surface area contributed by atoms with Crippen molar-refractivity contribution in [2.45, 2.75) is 66.2 Å². The maximum absolute atomic E-state index is 12.7. The lowest BCUT2D eigenvalue weighted by Gasteiger charge is -2.31. The zero-order chi connectivity index (χ0) is 16.2. The third-order valence-electron chi connectivity index (χ3n) is 5.99. The molecule has 0 aromatic heterocycles. The summed E-state index contributed by atoms with van der Waals surface area (Å²) in [4.78, 5) is 14.8. The Hall–Kier alpha value is -0.280. The molecule has 0 spiro atoms. The second kappa shape index (κ2) is 9.27. The van der Waals surface area contributed by atoms with Gasteiger partial charge in [-0.15, -0.1) is 12.4 Å². The fourth-order valence-electron chi connectivity index (χ4n) is 4.20. The zero-order valence-corrected chi connectivity index (χ0v) is 16.4. The molecule has 4 heteroatoms. The van der Waals surface area contributed by atoms with Crippen molar-refractivity contribution in [1.29, 1.82) is 0 Å². The van der Waals surface area contributed by atoms with E-state index in [0.29, 0.717) is 17.2 Å². The van der Waals surface area contributed by atoms with E-state index in [4.69, 9.17) is 0 Å². The SMILES string of the molecule is CC(CC(=O)N1CCCC(C(C)(C)C)CC1)C1CCNCC1.Cl. The summed E-state index contributed by atoms with van der Waals surface area (Å²) in [6.07, 6.45) is 6.86. The highest BCUT2D eigenvalue weighted by atomic mass is 35.5. The predicted molar refractivity (Wildman–Crippen MR) is 100.0 cm³/mol. The average molecular weight is 345 g/mol. The Morgan fingerprint density at radius 1 is 1.13 bits per heavy atom. The Morgan fingerprint density at radius 2 is 1.78 bits per heavy atom. The largest absolute Gasteiger partial charge is 0.343 e. The molecule has 23 heavy (non-hydrogen) atoms. The first-order valence-electron chi connectivity index (χ1n) is 9.36. The maximum atomic E-state index is 12.7. The molecule has 2 aliphatic rings. The van der Waals surface area contributed by atoms with Gasteiger partial charge in [-0.2, -0.15) is 0 Å². The number of amides is 1. The minimum absolute atomic E-state index is 0. The highest BCUT2D eigenvalue weighted by Gasteiger charge is 2.29. The van der Waals surface area contributed by atoms with E-state index in [1.807, 2.05) is 0 Å². The number of hydrogen-bond acceptors (Lipinski definition) is 2. The summed E-state index contributed by atoms with van der Waals surface area (Å²) >= 11 is 0. The monoisotopic (exact) mass is 344 g/mol. The molecule has 0 aromatic carbocycles. The van der Waals surface area contributed by atoms with Crippen LogP contribution in [0.2, 0.25) is 0 Å². The van der Waals surface area contributed by atoms with E-state index in [2.05, 4.69) is 37.9 Å². The third kappa shape index (κ3) is 6.26. The van der Waals surface area contributed by atoms with E-state index >= 15 is 0 Å². The summed E-state index contributed by atoms with van der Waals surface area (Å²) in [6.45, 7) is 13.5. The van der Waals surface area contributed by atoms with Gasteiger partial charge in [-0.25, -0.2) is 0 Å². The standard InChI is InChI=1S/C19H36N2O.ClH/c1-15(16-7-10-20-11-8-16)14-18(22)21-12-5-6-17(9-13-21)19(2,3)4;/h15-17,20H,5-14H2,1-4H3;1H. The zero-order valence-electron chi connectivity index (χ0n) is 15.6. The van der Waals surface area contributed by atoms with Gasteiger partial charge in [0.15, 0.2) is 0 Å². The van der Waals surface area contributed by atoms with Gasteiger partial charge in [0.2, 0.25) is 5.91 Å². The van der Waals surface area contributed by atoms with Crippen LogP contribution in [0.15, 0.2) is 0 Å². The number of nitrogens with zero attached hydrogens (tertiary/aromatic N) is 1. The molecule has 2 rings (SSSR count). The lowest BCUT2D eigenvalue weighted by atomic mass is 9.77. The molecular weight excluding hydrogens is 308 g/mol. The maximum Gasteiger partial charge on any atom is 0.222 e. The normalized spacial score (nSPS) is 25.4. The summed E-state index contributed by atoms with van der Waals surface area (Å²) in [6, 6.07) is 0. The van der Waals surface area contributed by atoms with Gasteiger partial charge in [-0.3, -0.25) is 4.79 Å². The number of carbonyl (C=O) groups is 1. The number of hydrogen-bond donors (Lipinski definition) is 1. The van der Waals surface area contributed by atoms with Crippen molar-refractivity contribution in [3.05, 3.63) is 0 Å². The first-order valence-corrected chi connectivity index (χ1v) is 9.36. The second-order valence-electron chi connectivity index (χ2n) is 8.64. The molecule has 136 valence electrons. The summed E-state index contributed by atoms with van der Waals surface area (Å²) in [5.41, 5.74) is 0.376. The number of piperidine rings is 1. The van der Waals surface area contributed by atoms with Crippen molar-refractivity contribution in [3.63, 3.8) is 0 Å². The van der Waals surface area contributed by atoms with Gasteiger partial charge in [0.05, 0.1) is 0 Å². The van der Waals surface area contributed by atoms with Gasteiger partial charge >= 0.3 is 0 Å². The Kier molecular flexibility index (Phi) is 8.37. The van der Waals surface area contributed by atoms with Gasteiger partial charge in [-0.05, 0) is 68.4 Å². The van der Waals surface area contributed by atoms with Crippen LogP contribution in [0.3, 0.4) is 0 Å². The highest BCUT2D eigenvalue weighted by molar-refractivity contribution is 5.85. The minimum atomic E-state index is 0. The van der Waals surface area contributed by atoms with Crippen molar-refractivity contribution < 1.29 is 4.79 Å². The molecule has 0 bridgehead atoms. The van der Waals surface area contributed by atoms with E-state index in [-0.39, 0.29) is 12.4 Å². The van der Waals surface area contributed by atoms with Crippen LogP contribution in [0.1, 0.15) is 66.2 Å². The molecule has 3 nitrogen and oxygen atoms in total.